The lowest BCUT2D eigenvalue weighted by Crippen LogP contribution is -2.13. The maximum Gasteiger partial charge on any atom is 0.343 e. The lowest BCUT2D eigenvalue weighted by Gasteiger charge is -2.17. The molecule has 0 aliphatic heterocycles. The summed E-state index contributed by atoms with van der Waals surface area (Å²) < 4.78 is 26.6. The summed E-state index contributed by atoms with van der Waals surface area (Å²) in [5.41, 5.74) is 52.3. The summed E-state index contributed by atoms with van der Waals surface area (Å²) >= 11 is 18.5. The van der Waals surface area contributed by atoms with Crippen LogP contribution in [0.2, 0.25) is 15.1 Å². The van der Waals surface area contributed by atoms with Gasteiger partial charge in [-0.05, 0) is 197 Å². The minimum absolute atomic E-state index is 0. The smallest absolute Gasteiger partial charge is 0.343 e. The van der Waals surface area contributed by atoms with Gasteiger partial charge in [-0.2, -0.15) is 18.5 Å². The molecule has 0 bridgehead atoms. The third kappa shape index (κ3) is 17.4. The number of ether oxygens (including phenoxy) is 4. The normalized spacial score (nSPS) is 10.0. The quantitative estimate of drug-likeness (QED) is 0.0609. The monoisotopic (exact) mass is 1390 g/mol. The van der Waals surface area contributed by atoms with E-state index in [1.807, 2.05) is 55.5 Å². The van der Waals surface area contributed by atoms with Crippen LogP contribution in [0.5, 0.6) is 17.5 Å². The highest BCUT2D eigenvalue weighted by atomic mass is 35.5. The molecule has 6 heterocycles. The van der Waals surface area contributed by atoms with Gasteiger partial charge in [0.15, 0.2) is 52.2 Å². The van der Waals surface area contributed by atoms with E-state index in [4.69, 9.17) is 53.8 Å². The van der Waals surface area contributed by atoms with Gasteiger partial charge in [0.25, 0.3) is 0 Å². The van der Waals surface area contributed by atoms with E-state index in [2.05, 4.69) is 206 Å². The van der Waals surface area contributed by atoms with Crippen molar-refractivity contribution in [1.82, 2.24) is 58.7 Å². The molecule has 0 aliphatic carbocycles. The van der Waals surface area contributed by atoms with E-state index >= 15 is 0 Å². The van der Waals surface area contributed by atoms with Crippen LogP contribution in [0, 0.1) is 13.8 Å². The van der Waals surface area contributed by atoms with Crippen LogP contribution in [-0.2, 0) is 9.53 Å². The Balaban J connectivity index is -0.000000108. The third-order valence-corrected chi connectivity index (χ3v) is 13.9. The summed E-state index contributed by atoms with van der Waals surface area (Å²) in [6.07, 6.45) is 2.75. The minimum atomic E-state index is -0.579. The molecule has 6 aromatic heterocycles. The van der Waals surface area contributed by atoms with Crippen LogP contribution in [-0.4, -0.2) is 77.7 Å². The number of nitrogens with zero attached hydrogens (tertiary/aromatic N) is 12. The summed E-state index contributed by atoms with van der Waals surface area (Å²) in [4.78, 5) is 50.5. The van der Waals surface area contributed by atoms with Gasteiger partial charge in [0, 0.05) is 65.7 Å². The number of carbonyl (C=O) groups is 2. The molecule has 1 amide bonds. The standard InChI is InChI=1S/C30H17N5O3.C23H7Cl3N4O.C23H24N4O2.22H2/c1-4-5-6-7-8-9-10-11-19-38-30(37)24-17-15-23(16-18-24)29-31-21(2)28-33-27(34-35(28)29)25-13-12-14-26(20-25)32-22(3)36;1-3-4-5-6-7-8-9-10-11-12-13-31-23-28-21-16(2)27-22(30(21)29-23)20-18(25)14-17(24)15-19(20)26;1-6-19(29-20-12-7-14(2)13-15(20)3)23-24-16(4)22-25-21(26-27(22)23)17-8-10-18(28-5)11-9-17;;;;;;;;;;;;;;;;;;;;;;/h12-20H,1-2H2,3H3,(H,32,36);13-15H,1-2H2;7-13,19H,4,6H2,1-3,5H3;22*1H. The number of methoxy groups -OCH3 is 1. The largest absolute Gasteiger partial charge is 0.497 e. The lowest BCUT2D eigenvalue weighted by atomic mass is 10.1. The summed E-state index contributed by atoms with van der Waals surface area (Å²) in [7, 11) is 1.64. The molecule has 0 radical (unpaired) electrons. The molecule has 0 saturated heterocycles. The van der Waals surface area contributed by atoms with Crippen LogP contribution in [0.1, 0.15) is 85.1 Å². The van der Waals surface area contributed by atoms with Gasteiger partial charge in [-0.15, -0.1) is 15.3 Å². The van der Waals surface area contributed by atoms with Crippen molar-refractivity contribution in [1.29, 1.82) is 0 Å². The fourth-order valence-corrected chi connectivity index (χ4v) is 9.82. The van der Waals surface area contributed by atoms with Crippen LogP contribution in [0.4, 0.5) is 5.69 Å². The molecule has 0 fully saturated rings. The van der Waals surface area contributed by atoms with E-state index in [9.17, 15) is 9.59 Å². The Labute approximate surface area is 606 Å². The second-order valence-corrected chi connectivity index (χ2v) is 21.2. The van der Waals surface area contributed by atoms with Crippen LogP contribution in [0.3, 0.4) is 0 Å². The van der Waals surface area contributed by atoms with Crippen LogP contribution >= 0.6 is 34.8 Å². The van der Waals surface area contributed by atoms with Gasteiger partial charge in [0.05, 0.1) is 28.3 Å². The molecule has 11 rings (SSSR count). The Morgan fingerprint density at radius 2 is 1.15 bits per heavy atom. The van der Waals surface area contributed by atoms with E-state index in [0.29, 0.717) is 99.6 Å². The van der Waals surface area contributed by atoms with Gasteiger partial charge >= 0.3 is 12.0 Å². The Morgan fingerprint density at radius 1 is 0.602 bits per heavy atom. The summed E-state index contributed by atoms with van der Waals surface area (Å²) in [5, 5.41) is 18.7. The molecule has 0 spiro atoms. The fraction of sp³-hybridized carbons (Fsp3) is 0.0921. The molecule has 0 aliphatic rings. The van der Waals surface area contributed by atoms with Crippen molar-refractivity contribution in [3.05, 3.63) is 286 Å². The number of fused-ring (bicyclic) bond motifs is 3. The number of carbonyl (C=O) groups excluding carboxylic acids is 2. The first-order valence-electron chi connectivity index (χ1n) is 28.8. The number of imidazole rings is 3. The maximum absolute atomic E-state index is 12.3. The molecule has 1 atom stereocenters. The first-order chi connectivity index (χ1) is 47.5. The van der Waals surface area contributed by atoms with Gasteiger partial charge in [-0.25, -0.2) is 29.7 Å². The third-order valence-electron chi connectivity index (χ3n) is 13.1. The fourth-order valence-electron chi connectivity index (χ4n) is 8.83. The predicted molar refractivity (Wildman–Crippen MR) is 418 cm³/mol. The molecule has 1 unspecified atom stereocenters. The summed E-state index contributed by atoms with van der Waals surface area (Å²) in [5.74, 6) is 3.55. The number of rotatable bonds is 14. The first-order valence-corrected chi connectivity index (χ1v) is 29.9. The SMILES string of the molecule is C=C=C=C=C=C=C=C=C=C=C=COc1nc2c(=C)nc(-c3c(Cl)cc(Cl)cc3Cl)n2n1.C=C=C=C=C=C=C=C=C=COC(=O)c1ccc(-c2nc(=C)c3nc(-c4cccc(NC(C)=O)c4)nn23)cc1.C=c1nc(C(CC)Oc2ccc(C)cc2C)n2nc(-c3ccc(OC)cc3)nc12.[HH].[HH].[HH].[HH].[HH].[HH].[HH].[HH].[HH].[HH].[HH].[HH].[HH].[HH].[HH].[HH].[HH].[HH].[HH].[HH].[HH].[HH]. The zero-order chi connectivity index (χ0) is 69.7. The molecule has 19 nitrogen and oxygen atoms in total. The van der Waals surface area contributed by atoms with Gasteiger partial charge in [0.1, 0.15) is 40.1 Å². The lowest BCUT2D eigenvalue weighted by molar-refractivity contribution is -0.114. The van der Waals surface area contributed by atoms with Crippen LogP contribution in [0.15, 0.2) is 232 Å². The van der Waals surface area contributed by atoms with Gasteiger partial charge in [-0.3, -0.25) is 4.79 Å². The maximum atomic E-state index is 12.3. The van der Waals surface area contributed by atoms with Crippen molar-refractivity contribution in [3.8, 4) is 63.1 Å². The number of esters is 1. The molecule has 5 aromatic carbocycles. The number of halogens is 3. The summed E-state index contributed by atoms with van der Waals surface area (Å²) in [6, 6.07) is 30.9. The number of hydrogen-bond donors (Lipinski definition) is 1. The van der Waals surface area contributed by atoms with Crippen LogP contribution in [0.25, 0.3) is 82.2 Å². The van der Waals surface area contributed by atoms with Crippen molar-refractivity contribution >= 4 is 89.0 Å². The average molecular weight is 1390 g/mol. The van der Waals surface area contributed by atoms with Gasteiger partial charge in [-0.1, -0.05) is 115 Å². The molecule has 1 N–H and O–H groups in total. The van der Waals surface area contributed by atoms with Crippen molar-refractivity contribution in [2.24, 2.45) is 0 Å². The second-order valence-electron chi connectivity index (χ2n) is 19.9. The number of hydrogen-bond acceptors (Lipinski definition) is 15. The number of benzene rings is 5. The zero-order valence-electron chi connectivity index (χ0n) is 52.7. The number of aryl methyl sites for hydroxylation is 2. The van der Waals surface area contributed by atoms with Crippen molar-refractivity contribution in [2.45, 2.75) is 40.2 Å². The van der Waals surface area contributed by atoms with E-state index in [-0.39, 0.29) is 49.4 Å². The highest BCUT2D eigenvalue weighted by Crippen LogP contribution is 2.36. The minimum Gasteiger partial charge on any atom is -0.497 e. The second kappa shape index (κ2) is 32.9. The van der Waals surface area contributed by atoms with E-state index in [1.165, 1.54) is 23.3 Å². The molecule has 518 valence electrons. The molecule has 0 saturated carbocycles. The topological polar surface area (TPSA) is 212 Å². The Morgan fingerprint density at radius 3 is 1.77 bits per heavy atom. The number of nitrogens with one attached hydrogen (secondary N) is 1. The van der Waals surface area contributed by atoms with Crippen molar-refractivity contribution < 1.29 is 59.9 Å². The molecular weight excluding hydrogens is 1300 g/mol. The first kappa shape index (κ1) is 68.8. The number of anilines is 1. The number of aromatic nitrogens is 12. The Kier molecular flexibility index (Phi) is 23.1. The Bertz CT molecular complexity index is 5980. The van der Waals surface area contributed by atoms with Gasteiger partial charge < -0.3 is 24.3 Å². The van der Waals surface area contributed by atoms with Crippen molar-refractivity contribution in [3.63, 3.8) is 0 Å². The van der Waals surface area contributed by atoms with Crippen molar-refractivity contribution in [2.75, 3.05) is 12.4 Å². The van der Waals surface area contributed by atoms with E-state index < -0.39 is 5.97 Å². The highest BCUT2D eigenvalue weighted by Gasteiger charge is 2.24. The average Bonchev–Trinajstić information content (AvgIpc) is 1.62. The van der Waals surface area contributed by atoms with E-state index in [0.717, 1.165) is 40.9 Å². The van der Waals surface area contributed by atoms with Crippen LogP contribution < -0.4 is 35.6 Å². The van der Waals surface area contributed by atoms with Gasteiger partial charge in [0.2, 0.25) is 5.91 Å². The van der Waals surface area contributed by atoms with E-state index in [1.54, 1.807) is 64.7 Å². The molecular formula is C76H92Cl3N13O6. The Hall–Kier alpha value is -13.5. The summed E-state index contributed by atoms with van der Waals surface area (Å²) in [6.45, 7) is 26.1. The highest BCUT2D eigenvalue weighted by molar-refractivity contribution is 6.41. The number of amides is 1. The molecule has 11 aromatic rings. The molecule has 22 heteroatoms. The molecule has 98 heavy (non-hydrogen) atoms. The zero-order valence-corrected chi connectivity index (χ0v) is 55.0. The predicted octanol–water partition coefficient (Wildman–Crippen LogP) is 18.5.